The van der Waals surface area contributed by atoms with Crippen LogP contribution in [0.4, 0.5) is 0 Å². The number of rotatable bonds is 7. The second-order valence-corrected chi connectivity index (χ2v) is 6.14. The molecule has 0 aromatic carbocycles. The highest BCUT2D eigenvalue weighted by atomic mass is 79.9. The summed E-state index contributed by atoms with van der Waals surface area (Å²) in [5, 5.41) is 0. The van der Waals surface area contributed by atoms with Crippen LogP contribution in [0.15, 0.2) is 11.8 Å². The summed E-state index contributed by atoms with van der Waals surface area (Å²) in [5.74, 6) is 1.13. The van der Waals surface area contributed by atoms with Crippen molar-refractivity contribution >= 4 is 33.5 Å². The van der Waals surface area contributed by atoms with Crippen LogP contribution in [0.5, 0.6) is 0 Å². The molecule has 2 unspecified atom stereocenters. The van der Waals surface area contributed by atoms with E-state index < -0.39 is 0 Å². The average Bonchev–Trinajstić information content (AvgIpc) is 2.69. The Labute approximate surface area is 122 Å². The molecule has 0 radical (unpaired) electrons. The molecule has 0 saturated heterocycles. The fourth-order valence-corrected chi connectivity index (χ4v) is 2.80. The quantitative estimate of drug-likeness (QED) is 0.525. The molecule has 104 valence electrons. The van der Waals surface area contributed by atoms with Crippen molar-refractivity contribution in [2.24, 2.45) is 5.41 Å². The molecule has 5 heteroatoms. The first-order chi connectivity index (χ1) is 8.53. The van der Waals surface area contributed by atoms with Gasteiger partial charge in [-0.1, -0.05) is 15.9 Å². The predicted molar refractivity (Wildman–Crippen MR) is 76.1 cm³/mol. The summed E-state index contributed by atoms with van der Waals surface area (Å²) >= 11 is 8.86. The maximum absolute atomic E-state index is 11.7. The zero-order valence-corrected chi connectivity index (χ0v) is 13.2. The molecule has 1 aliphatic rings. The van der Waals surface area contributed by atoms with Gasteiger partial charge in [0.1, 0.15) is 17.2 Å². The first kappa shape index (κ1) is 15.8. The van der Waals surface area contributed by atoms with Gasteiger partial charge in [-0.3, -0.25) is 4.79 Å². The molecule has 0 amide bonds. The van der Waals surface area contributed by atoms with Crippen molar-refractivity contribution in [2.45, 2.75) is 37.9 Å². The van der Waals surface area contributed by atoms with Crippen LogP contribution in [-0.4, -0.2) is 29.9 Å². The van der Waals surface area contributed by atoms with Gasteiger partial charge in [-0.05, 0) is 39.2 Å². The lowest BCUT2D eigenvalue weighted by Crippen LogP contribution is -2.29. The zero-order chi connectivity index (χ0) is 13.6. The first-order valence-corrected chi connectivity index (χ1v) is 7.68. The maximum atomic E-state index is 11.7. The van der Waals surface area contributed by atoms with Gasteiger partial charge in [0.2, 0.25) is 0 Å². The molecule has 1 aliphatic carbocycles. The summed E-state index contributed by atoms with van der Waals surface area (Å²) < 4.78 is 11.0. The lowest BCUT2D eigenvalue weighted by atomic mass is 9.89. The van der Waals surface area contributed by atoms with Gasteiger partial charge in [0.25, 0.3) is 0 Å². The fourth-order valence-electron chi connectivity index (χ4n) is 1.96. The van der Waals surface area contributed by atoms with Crippen LogP contribution in [0, 0.1) is 5.41 Å². The Bertz CT molecular complexity index is 319. The minimum atomic E-state index is -0.320. The van der Waals surface area contributed by atoms with Gasteiger partial charge in [0.05, 0.1) is 12.0 Å². The Morgan fingerprint density at radius 1 is 1.67 bits per heavy atom. The molecule has 1 rings (SSSR count). The summed E-state index contributed by atoms with van der Waals surface area (Å²) in [7, 11) is 0. The van der Waals surface area contributed by atoms with Crippen LogP contribution >= 0.6 is 27.5 Å². The molecule has 0 aromatic heterocycles. The Kier molecular flexibility index (Phi) is 6.50. The number of carbonyl (C=O) groups excluding carboxylic acids is 1. The molecule has 18 heavy (non-hydrogen) atoms. The minimum absolute atomic E-state index is 0.181. The minimum Gasteiger partial charge on any atom is -0.498 e. The number of allylic oxidation sites excluding steroid dienone is 1. The fraction of sp³-hybridized carbons (Fsp3) is 0.769. The van der Waals surface area contributed by atoms with Crippen molar-refractivity contribution in [2.75, 3.05) is 19.1 Å². The molecular weight excluding hydrogens is 319 g/mol. The number of esters is 1. The van der Waals surface area contributed by atoms with Gasteiger partial charge in [-0.15, -0.1) is 11.6 Å². The van der Waals surface area contributed by atoms with E-state index in [1.807, 2.05) is 6.92 Å². The van der Waals surface area contributed by atoms with Crippen LogP contribution in [0.2, 0.25) is 0 Å². The molecule has 2 atom stereocenters. The van der Waals surface area contributed by atoms with E-state index in [9.17, 15) is 4.79 Å². The van der Waals surface area contributed by atoms with Gasteiger partial charge in [0.15, 0.2) is 0 Å². The van der Waals surface area contributed by atoms with Gasteiger partial charge >= 0.3 is 5.97 Å². The summed E-state index contributed by atoms with van der Waals surface area (Å²) in [4.78, 5) is 11.4. The Hall–Kier alpha value is -0.220. The molecule has 3 nitrogen and oxygen atoms in total. The van der Waals surface area contributed by atoms with Gasteiger partial charge in [0, 0.05) is 5.88 Å². The van der Waals surface area contributed by atoms with Gasteiger partial charge in [-0.25, -0.2) is 0 Å². The molecule has 0 bridgehead atoms. The third kappa shape index (κ3) is 4.16. The van der Waals surface area contributed by atoms with E-state index in [0.29, 0.717) is 25.5 Å². The Balaban J connectivity index is 2.47. The van der Waals surface area contributed by atoms with Gasteiger partial charge < -0.3 is 9.47 Å². The topological polar surface area (TPSA) is 35.5 Å². The highest BCUT2D eigenvalue weighted by Crippen LogP contribution is 2.39. The lowest BCUT2D eigenvalue weighted by Gasteiger charge is -2.27. The van der Waals surface area contributed by atoms with Crippen LogP contribution in [0.1, 0.15) is 33.1 Å². The summed E-state index contributed by atoms with van der Waals surface area (Å²) in [6.07, 6.45) is 4.59. The second kappa shape index (κ2) is 7.39. The van der Waals surface area contributed by atoms with E-state index in [-0.39, 0.29) is 16.2 Å². The molecule has 0 aromatic rings. The maximum Gasteiger partial charge on any atom is 0.319 e. The highest BCUT2D eigenvalue weighted by molar-refractivity contribution is 9.10. The van der Waals surface area contributed by atoms with E-state index >= 15 is 0 Å². The monoisotopic (exact) mass is 338 g/mol. The lowest BCUT2D eigenvalue weighted by molar-refractivity contribution is -0.146. The number of ether oxygens (including phenoxy) is 2. The van der Waals surface area contributed by atoms with Crippen molar-refractivity contribution in [3.05, 3.63) is 11.8 Å². The zero-order valence-electron chi connectivity index (χ0n) is 10.9. The molecule has 0 N–H and O–H groups in total. The molecule has 0 fully saturated rings. The van der Waals surface area contributed by atoms with E-state index in [1.54, 1.807) is 0 Å². The predicted octanol–water partition coefficient (Wildman–Crippen LogP) is 3.64. The van der Waals surface area contributed by atoms with Crippen molar-refractivity contribution in [3.8, 4) is 0 Å². The Morgan fingerprint density at radius 3 is 3.00 bits per heavy atom. The van der Waals surface area contributed by atoms with E-state index in [1.165, 1.54) is 0 Å². The smallest absolute Gasteiger partial charge is 0.319 e. The van der Waals surface area contributed by atoms with Crippen molar-refractivity contribution in [1.29, 1.82) is 0 Å². The normalized spacial score (nSPS) is 24.6. The summed E-state index contributed by atoms with van der Waals surface area (Å²) in [5.41, 5.74) is -0.181. The van der Waals surface area contributed by atoms with Crippen molar-refractivity contribution in [1.82, 2.24) is 0 Å². The largest absolute Gasteiger partial charge is 0.498 e. The van der Waals surface area contributed by atoms with Crippen molar-refractivity contribution < 1.29 is 14.3 Å². The third-order valence-corrected chi connectivity index (χ3v) is 4.12. The second-order valence-electron chi connectivity index (χ2n) is 4.65. The number of alkyl halides is 2. The van der Waals surface area contributed by atoms with Crippen LogP contribution in [-0.2, 0) is 14.3 Å². The molecule has 0 spiro atoms. The number of carbonyl (C=O) groups is 1. The average molecular weight is 340 g/mol. The number of hydrogen-bond donors (Lipinski definition) is 0. The number of hydrogen-bond acceptors (Lipinski definition) is 3. The SMILES string of the molecule is CCOC1=CCCC1(C)COC(=O)C(Br)CCCl. The summed E-state index contributed by atoms with van der Waals surface area (Å²) in [6.45, 7) is 5.03. The number of halogens is 2. The molecule has 0 aliphatic heterocycles. The highest BCUT2D eigenvalue weighted by Gasteiger charge is 2.36. The third-order valence-electron chi connectivity index (χ3n) is 3.07. The van der Waals surface area contributed by atoms with Crippen LogP contribution in [0.3, 0.4) is 0 Å². The molecular formula is C13H20BrClO3. The van der Waals surface area contributed by atoms with Crippen LogP contribution in [0.25, 0.3) is 0 Å². The molecule has 0 heterocycles. The van der Waals surface area contributed by atoms with E-state index in [2.05, 4.69) is 28.9 Å². The Morgan fingerprint density at radius 2 is 2.39 bits per heavy atom. The van der Waals surface area contributed by atoms with E-state index in [0.717, 1.165) is 18.6 Å². The summed E-state index contributed by atoms with van der Waals surface area (Å²) in [6, 6.07) is 0. The molecule has 0 saturated carbocycles. The van der Waals surface area contributed by atoms with Crippen molar-refractivity contribution in [3.63, 3.8) is 0 Å². The van der Waals surface area contributed by atoms with E-state index in [4.69, 9.17) is 21.1 Å². The standard InChI is InChI=1S/C13H20BrClO3/c1-3-17-11-5-4-7-13(11,2)9-18-12(16)10(14)6-8-15/h5,10H,3-4,6-9H2,1-2H3. The first-order valence-electron chi connectivity index (χ1n) is 6.23. The van der Waals surface area contributed by atoms with Gasteiger partial charge in [-0.2, -0.15) is 0 Å². The van der Waals surface area contributed by atoms with Crippen LogP contribution < -0.4 is 0 Å².